The third-order valence-electron chi connectivity index (χ3n) is 5.48. The summed E-state index contributed by atoms with van der Waals surface area (Å²) in [5.41, 5.74) is 0. The summed E-state index contributed by atoms with van der Waals surface area (Å²) in [6.45, 7) is 4.01. The first-order valence-electron chi connectivity index (χ1n) is 9.47. The van der Waals surface area contributed by atoms with Crippen LogP contribution in [-0.2, 0) is 6.54 Å². The molecular weight excluding hydrogens is 302 g/mol. The maximum absolute atomic E-state index is 12.3. The van der Waals surface area contributed by atoms with E-state index in [2.05, 4.69) is 10.2 Å². The van der Waals surface area contributed by atoms with Crippen LogP contribution in [-0.4, -0.2) is 48.6 Å². The maximum Gasteiger partial charge on any atom is 0.317 e. The second-order valence-electron chi connectivity index (χ2n) is 7.46. The van der Waals surface area contributed by atoms with Crippen LogP contribution in [0.5, 0.6) is 0 Å². The average Bonchev–Trinajstić information content (AvgIpc) is 3.10. The van der Waals surface area contributed by atoms with Crippen LogP contribution in [0.1, 0.15) is 50.7 Å². The Bertz CT molecular complexity index is 489. The lowest BCUT2D eigenvalue weighted by atomic mass is 9.88. The van der Waals surface area contributed by atoms with Crippen LogP contribution in [0.15, 0.2) is 22.8 Å². The molecule has 0 atom stereocenters. The van der Waals surface area contributed by atoms with Gasteiger partial charge < -0.3 is 19.5 Å². The second kappa shape index (κ2) is 8.56. The van der Waals surface area contributed by atoms with E-state index in [1.807, 2.05) is 19.2 Å². The van der Waals surface area contributed by atoms with Crippen LogP contribution < -0.4 is 5.32 Å². The molecule has 1 N–H and O–H groups in total. The zero-order chi connectivity index (χ0) is 16.8. The summed E-state index contributed by atoms with van der Waals surface area (Å²) < 4.78 is 5.30. The molecule has 1 aliphatic carbocycles. The van der Waals surface area contributed by atoms with Crippen LogP contribution in [0, 0.1) is 5.92 Å². The first-order chi connectivity index (χ1) is 11.7. The molecule has 24 heavy (non-hydrogen) atoms. The van der Waals surface area contributed by atoms with Gasteiger partial charge in [-0.2, -0.15) is 0 Å². The van der Waals surface area contributed by atoms with Crippen LogP contribution >= 0.6 is 0 Å². The summed E-state index contributed by atoms with van der Waals surface area (Å²) in [5.74, 6) is 1.72. The number of likely N-dealkylation sites (tertiary alicyclic amines) is 1. The first kappa shape index (κ1) is 17.3. The smallest absolute Gasteiger partial charge is 0.317 e. The number of hydrogen-bond donors (Lipinski definition) is 1. The van der Waals surface area contributed by atoms with Crippen molar-refractivity contribution in [2.24, 2.45) is 5.92 Å². The minimum atomic E-state index is -0.00266. The largest absolute Gasteiger partial charge is 0.467 e. The van der Waals surface area contributed by atoms with E-state index >= 15 is 0 Å². The third-order valence-corrected chi connectivity index (χ3v) is 5.48. The van der Waals surface area contributed by atoms with E-state index in [1.165, 1.54) is 38.6 Å². The lowest BCUT2D eigenvalue weighted by molar-refractivity contribution is 0.150. The maximum atomic E-state index is 12.3. The fraction of sp³-hybridized carbons (Fsp3) is 0.737. The number of carbonyl (C=O) groups is 1. The topological polar surface area (TPSA) is 48.7 Å². The van der Waals surface area contributed by atoms with E-state index in [1.54, 1.807) is 11.2 Å². The fourth-order valence-electron chi connectivity index (χ4n) is 3.99. The average molecular weight is 333 g/mol. The summed E-state index contributed by atoms with van der Waals surface area (Å²) in [7, 11) is 1.82. The van der Waals surface area contributed by atoms with Gasteiger partial charge in [0.05, 0.1) is 12.8 Å². The van der Waals surface area contributed by atoms with Crippen molar-refractivity contribution in [2.75, 3.05) is 26.7 Å². The molecule has 2 fully saturated rings. The summed E-state index contributed by atoms with van der Waals surface area (Å²) in [6.07, 6.45) is 10.8. The highest BCUT2D eigenvalue weighted by Gasteiger charge is 2.24. The Hall–Kier alpha value is -1.49. The number of amides is 2. The highest BCUT2D eigenvalue weighted by molar-refractivity contribution is 5.74. The predicted molar refractivity (Wildman–Crippen MR) is 94.7 cm³/mol. The third kappa shape index (κ3) is 5.00. The molecule has 5 heteroatoms. The number of urea groups is 1. The van der Waals surface area contributed by atoms with E-state index < -0.39 is 0 Å². The molecule has 0 aromatic carbocycles. The van der Waals surface area contributed by atoms with E-state index in [4.69, 9.17) is 4.42 Å². The monoisotopic (exact) mass is 333 g/mol. The lowest BCUT2D eigenvalue weighted by Crippen LogP contribution is -2.48. The molecule has 5 nitrogen and oxygen atoms in total. The van der Waals surface area contributed by atoms with E-state index in [0.29, 0.717) is 12.6 Å². The Morgan fingerprint density at radius 3 is 2.67 bits per heavy atom. The van der Waals surface area contributed by atoms with Gasteiger partial charge in [-0.15, -0.1) is 0 Å². The Balaban J connectivity index is 1.36. The van der Waals surface area contributed by atoms with Gasteiger partial charge in [-0.3, -0.25) is 0 Å². The minimum absolute atomic E-state index is 0.00266. The van der Waals surface area contributed by atoms with Crippen LogP contribution in [0.3, 0.4) is 0 Å². The van der Waals surface area contributed by atoms with Gasteiger partial charge in [0.15, 0.2) is 0 Å². The Morgan fingerprint density at radius 1 is 1.25 bits per heavy atom. The van der Waals surface area contributed by atoms with Crippen molar-refractivity contribution in [3.8, 4) is 0 Å². The Morgan fingerprint density at radius 2 is 2.00 bits per heavy atom. The van der Waals surface area contributed by atoms with Crippen molar-refractivity contribution in [1.29, 1.82) is 0 Å². The van der Waals surface area contributed by atoms with Crippen LogP contribution in [0.4, 0.5) is 4.79 Å². The van der Waals surface area contributed by atoms with Crippen LogP contribution in [0.25, 0.3) is 0 Å². The zero-order valence-electron chi connectivity index (χ0n) is 14.9. The van der Waals surface area contributed by atoms with Gasteiger partial charge in [-0.25, -0.2) is 4.79 Å². The molecule has 1 aliphatic heterocycles. The molecule has 1 aromatic heterocycles. The van der Waals surface area contributed by atoms with Crippen molar-refractivity contribution < 1.29 is 9.21 Å². The van der Waals surface area contributed by atoms with Gasteiger partial charge in [0.1, 0.15) is 5.76 Å². The molecule has 1 saturated carbocycles. The second-order valence-corrected chi connectivity index (χ2v) is 7.46. The van der Waals surface area contributed by atoms with Gasteiger partial charge >= 0.3 is 6.03 Å². The van der Waals surface area contributed by atoms with E-state index in [-0.39, 0.29) is 6.03 Å². The molecule has 134 valence electrons. The van der Waals surface area contributed by atoms with Crippen molar-refractivity contribution in [1.82, 2.24) is 15.1 Å². The molecule has 2 amide bonds. The van der Waals surface area contributed by atoms with Crippen LogP contribution in [0.2, 0.25) is 0 Å². The molecule has 2 aliphatic rings. The molecule has 3 rings (SSSR count). The normalized spacial score (nSPS) is 20.9. The molecule has 1 aromatic rings. The summed E-state index contributed by atoms with van der Waals surface area (Å²) in [4.78, 5) is 16.6. The number of nitrogens with one attached hydrogen (secondary N) is 1. The van der Waals surface area contributed by atoms with E-state index in [0.717, 1.165) is 37.6 Å². The van der Waals surface area contributed by atoms with Crippen molar-refractivity contribution in [3.05, 3.63) is 24.2 Å². The highest BCUT2D eigenvalue weighted by atomic mass is 16.3. The highest BCUT2D eigenvalue weighted by Crippen LogP contribution is 2.25. The predicted octanol–water partition coefficient (Wildman–Crippen LogP) is 3.47. The number of hydrogen-bond acceptors (Lipinski definition) is 3. The minimum Gasteiger partial charge on any atom is -0.467 e. The Kier molecular flexibility index (Phi) is 6.18. The van der Waals surface area contributed by atoms with Gasteiger partial charge in [-0.05, 0) is 43.7 Å². The molecule has 0 unspecified atom stereocenters. The summed E-state index contributed by atoms with van der Waals surface area (Å²) >= 11 is 0. The summed E-state index contributed by atoms with van der Waals surface area (Å²) in [5, 5.41) is 3.17. The van der Waals surface area contributed by atoms with E-state index in [9.17, 15) is 4.79 Å². The Labute approximate surface area is 145 Å². The number of nitrogens with zero attached hydrogens (tertiary/aromatic N) is 2. The van der Waals surface area contributed by atoms with Crippen molar-refractivity contribution in [3.63, 3.8) is 0 Å². The van der Waals surface area contributed by atoms with Crippen molar-refractivity contribution in [2.45, 2.75) is 57.5 Å². The van der Waals surface area contributed by atoms with Gasteiger partial charge in [0, 0.05) is 32.7 Å². The quantitative estimate of drug-likeness (QED) is 0.897. The van der Waals surface area contributed by atoms with Gasteiger partial charge in [-0.1, -0.05) is 19.3 Å². The van der Waals surface area contributed by atoms with Gasteiger partial charge in [0.25, 0.3) is 0 Å². The molecule has 0 radical (unpaired) electrons. The number of rotatable bonds is 5. The van der Waals surface area contributed by atoms with Gasteiger partial charge in [0.2, 0.25) is 0 Å². The standard InChI is InChI=1S/C19H31N3O2/c1-21(15-18-8-5-13-24-18)19(23)20-17-9-11-22(12-10-17)14-16-6-3-2-4-7-16/h5,8,13,16-17H,2-4,6-7,9-12,14-15H2,1H3,(H,20,23). The molecular formula is C19H31N3O2. The lowest BCUT2D eigenvalue weighted by Gasteiger charge is -2.36. The molecule has 2 heterocycles. The summed E-state index contributed by atoms with van der Waals surface area (Å²) in [6, 6.07) is 4.05. The number of furan rings is 1. The number of carbonyl (C=O) groups excluding carboxylic acids is 1. The fourth-order valence-corrected chi connectivity index (χ4v) is 3.99. The first-order valence-corrected chi connectivity index (χ1v) is 9.47. The zero-order valence-corrected chi connectivity index (χ0v) is 14.9. The SMILES string of the molecule is CN(Cc1ccco1)C(=O)NC1CCN(CC2CCCCC2)CC1. The van der Waals surface area contributed by atoms with Crippen molar-refractivity contribution >= 4 is 6.03 Å². The number of piperidine rings is 1. The molecule has 0 spiro atoms. The molecule has 1 saturated heterocycles. The molecule has 0 bridgehead atoms.